The zero-order chi connectivity index (χ0) is 12.1. The minimum Gasteiger partial charge on any atom is -0.370 e. The molecule has 0 amide bonds. The molecular weight excluding hydrogens is 210 g/mol. The van der Waals surface area contributed by atoms with Gasteiger partial charge in [0, 0.05) is 12.1 Å². The van der Waals surface area contributed by atoms with Gasteiger partial charge in [-0.25, -0.2) is 9.97 Å². The lowest BCUT2D eigenvalue weighted by Crippen LogP contribution is -2.05. The predicted octanol–water partition coefficient (Wildman–Crippen LogP) is 3.56. The van der Waals surface area contributed by atoms with Gasteiger partial charge in [-0.15, -0.1) is 0 Å². The zero-order valence-electron chi connectivity index (χ0n) is 10.8. The lowest BCUT2D eigenvalue weighted by molar-refractivity contribution is 0.720. The second-order valence-electron chi connectivity index (χ2n) is 4.55. The molecular formula is C14H21N3. The molecule has 17 heavy (non-hydrogen) atoms. The maximum atomic E-state index is 4.47. The van der Waals surface area contributed by atoms with Gasteiger partial charge in [-0.3, -0.25) is 0 Å². The average Bonchev–Trinajstić information content (AvgIpc) is 2.61. The van der Waals surface area contributed by atoms with Gasteiger partial charge < -0.3 is 5.32 Å². The maximum absolute atomic E-state index is 4.47. The number of hydrogen-bond acceptors (Lipinski definition) is 3. The van der Waals surface area contributed by atoms with Crippen molar-refractivity contribution in [2.24, 2.45) is 0 Å². The fraction of sp³-hybridized carbons (Fsp3) is 0.571. The van der Waals surface area contributed by atoms with Crippen molar-refractivity contribution in [1.29, 1.82) is 0 Å². The quantitative estimate of drug-likeness (QED) is 0.864. The van der Waals surface area contributed by atoms with Crippen LogP contribution in [0.25, 0.3) is 5.57 Å². The monoisotopic (exact) mass is 231 g/mol. The highest BCUT2D eigenvalue weighted by molar-refractivity contribution is 5.68. The van der Waals surface area contributed by atoms with Crippen molar-refractivity contribution in [1.82, 2.24) is 9.97 Å². The SMILES string of the molecule is CCNc1ncnc(C2=CCCCCC2)c1C. The van der Waals surface area contributed by atoms with Crippen molar-refractivity contribution in [3.8, 4) is 0 Å². The van der Waals surface area contributed by atoms with E-state index in [-0.39, 0.29) is 0 Å². The number of nitrogens with zero attached hydrogens (tertiary/aromatic N) is 2. The molecule has 1 N–H and O–H groups in total. The van der Waals surface area contributed by atoms with E-state index >= 15 is 0 Å². The molecule has 0 spiro atoms. The summed E-state index contributed by atoms with van der Waals surface area (Å²) >= 11 is 0. The number of nitrogens with one attached hydrogen (secondary N) is 1. The van der Waals surface area contributed by atoms with Gasteiger partial charge in [0.05, 0.1) is 5.69 Å². The van der Waals surface area contributed by atoms with E-state index in [0.717, 1.165) is 24.5 Å². The van der Waals surface area contributed by atoms with E-state index in [1.165, 1.54) is 36.8 Å². The van der Waals surface area contributed by atoms with Crippen molar-refractivity contribution < 1.29 is 0 Å². The maximum Gasteiger partial charge on any atom is 0.132 e. The normalized spacial score (nSPS) is 16.2. The largest absolute Gasteiger partial charge is 0.370 e. The van der Waals surface area contributed by atoms with Gasteiger partial charge in [-0.1, -0.05) is 12.5 Å². The van der Waals surface area contributed by atoms with E-state index in [1.807, 2.05) is 0 Å². The molecule has 3 heteroatoms. The molecule has 1 heterocycles. The molecule has 0 atom stereocenters. The second-order valence-corrected chi connectivity index (χ2v) is 4.55. The minimum atomic E-state index is 0.899. The first-order valence-corrected chi connectivity index (χ1v) is 6.57. The molecule has 0 saturated carbocycles. The van der Waals surface area contributed by atoms with Crippen LogP contribution in [0.4, 0.5) is 5.82 Å². The molecule has 0 aromatic carbocycles. The molecule has 1 aromatic heterocycles. The van der Waals surface area contributed by atoms with Crippen LogP contribution >= 0.6 is 0 Å². The highest BCUT2D eigenvalue weighted by Crippen LogP contribution is 2.28. The molecule has 0 aliphatic heterocycles. The summed E-state index contributed by atoms with van der Waals surface area (Å²) in [6.45, 7) is 5.10. The van der Waals surface area contributed by atoms with E-state index in [2.05, 4.69) is 35.2 Å². The van der Waals surface area contributed by atoms with E-state index in [9.17, 15) is 0 Å². The molecule has 3 nitrogen and oxygen atoms in total. The van der Waals surface area contributed by atoms with Gasteiger partial charge in [0.25, 0.3) is 0 Å². The van der Waals surface area contributed by atoms with E-state index in [4.69, 9.17) is 0 Å². The van der Waals surface area contributed by atoms with Crippen molar-refractivity contribution in [2.45, 2.75) is 46.0 Å². The Balaban J connectivity index is 2.30. The van der Waals surface area contributed by atoms with Crippen LogP contribution in [0.2, 0.25) is 0 Å². The Morgan fingerprint density at radius 2 is 2.12 bits per heavy atom. The third kappa shape index (κ3) is 2.84. The topological polar surface area (TPSA) is 37.8 Å². The molecule has 2 rings (SSSR count). The molecule has 0 radical (unpaired) electrons. The molecule has 92 valence electrons. The van der Waals surface area contributed by atoms with E-state index < -0.39 is 0 Å². The van der Waals surface area contributed by atoms with Crippen LogP contribution in [0.3, 0.4) is 0 Å². The summed E-state index contributed by atoms with van der Waals surface area (Å²) in [4.78, 5) is 8.76. The Kier molecular flexibility index (Phi) is 4.13. The number of hydrogen-bond donors (Lipinski definition) is 1. The van der Waals surface area contributed by atoms with Crippen LogP contribution in [0.15, 0.2) is 12.4 Å². The molecule has 0 unspecified atom stereocenters. The number of aromatic nitrogens is 2. The summed E-state index contributed by atoms with van der Waals surface area (Å²) in [6.07, 6.45) is 10.3. The molecule has 1 aliphatic carbocycles. The summed E-state index contributed by atoms with van der Waals surface area (Å²) in [5.74, 6) is 0.975. The van der Waals surface area contributed by atoms with Gasteiger partial charge in [-0.2, -0.15) is 0 Å². The summed E-state index contributed by atoms with van der Waals surface area (Å²) < 4.78 is 0. The fourth-order valence-electron chi connectivity index (χ4n) is 2.35. The molecule has 0 saturated heterocycles. The summed E-state index contributed by atoms with van der Waals surface area (Å²) in [7, 11) is 0. The van der Waals surface area contributed by atoms with Gasteiger partial charge >= 0.3 is 0 Å². The van der Waals surface area contributed by atoms with Crippen LogP contribution in [0.1, 0.15) is 50.3 Å². The number of anilines is 1. The first-order chi connectivity index (χ1) is 8.33. The van der Waals surface area contributed by atoms with E-state index in [1.54, 1.807) is 6.33 Å². The third-order valence-electron chi connectivity index (χ3n) is 3.27. The predicted molar refractivity (Wildman–Crippen MR) is 72.0 cm³/mol. The summed E-state index contributed by atoms with van der Waals surface area (Å²) in [5.41, 5.74) is 3.72. The Morgan fingerprint density at radius 3 is 2.94 bits per heavy atom. The Labute approximate surface area is 103 Å². The summed E-state index contributed by atoms with van der Waals surface area (Å²) in [6, 6.07) is 0. The van der Waals surface area contributed by atoms with Crippen LogP contribution in [0, 0.1) is 6.92 Å². The highest BCUT2D eigenvalue weighted by Gasteiger charge is 2.12. The summed E-state index contributed by atoms with van der Waals surface area (Å²) in [5, 5.41) is 3.29. The van der Waals surface area contributed by atoms with E-state index in [0.29, 0.717) is 0 Å². The van der Waals surface area contributed by atoms with Crippen molar-refractivity contribution in [3.05, 3.63) is 23.7 Å². The number of allylic oxidation sites excluding steroid dienone is 2. The van der Waals surface area contributed by atoms with Crippen LogP contribution < -0.4 is 5.32 Å². The van der Waals surface area contributed by atoms with Gasteiger partial charge in [0.1, 0.15) is 12.1 Å². The smallest absolute Gasteiger partial charge is 0.132 e. The zero-order valence-corrected chi connectivity index (χ0v) is 10.8. The van der Waals surface area contributed by atoms with Crippen LogP contribution in [-0.4, -0.2) is 16.5 Å². The second kappa shape index (κ2) is 5.80. The van der Waals surface area contributed by atoms with Gasteiger partial charge in [0.15, 0.2) is 0 Å². The average molecular weight is 231 g/mol. The Bertz CT molecular complexity index is 410. The molecule has 1 aliphatic rings. The van der Waals surface area contributed by atoms with Crippen molar-refractivity contribution >= 4 is 11.4 Å². The standard InChI is InChI=1S/C14H21N3/c1-3-15-14-11(2)13(16-10-17-14)12-8-6-4-5-7-9-12/h8,10H,3-7,9H2,1-2H3,(H,15,16,17). The highest BCUT2D eigenvalue weighted by atomic mass is 15.0. The van der Waals surface area contributed by atoms with Crippen LogP contribution in [-0.2, 0) is 0 Å². The first kappa shape index (κ1) is 12.1. The van der Waals surface area contributed by atoms with Crippen molar-refractivity contribution in [3.63, 3.8) is 0 Å². The third-order valence-corrected chi connectivity index (χ3v) is 3.27. The number of rotatable bonds is 3. The van der Waals surface area contributed by atoms with Crippen molar-refractivity contribution in [2.75, 3.05) is 11.9 Å². The molecule has 0 fully saturated rings. The first-order valence-electron chi connectivity index (χ1n) is 6.57. The molecule has 0 bridgehead atoms. The minimum absolute atomic E-state index is 0.899. The Hall–Kier alpha value is -1.38. The molecule has 1 aromatic rings. The van der Waals surface area contributed by atoms with Crippen LogP contribution in [0.5, 0.6) is 0 Å². The fourth-order valence-corrected chi connectivity index (χ4v) is 2.35. The lowest BCUT2D eigenvalue weighted by Gasteiger charge is -2.12. The lowest BCUT2D eigenvalue weighted by atomic mass is 10.0. The Morgan fingerprint density at radius 1 is 1.24 bits per heavy atom. The van der Waals surface area contributed by atoms with Gasteiger partial charge in [0.2, 0.25) is 0 Å². The van der Waals surface area contributed by atoms with Gasteiger partial charge in [-0.05, 0) is 45.1 Å².